The van der Waals surface area contributed by atoms with Gasteiger partial charge in [0.1, 0.15) is 5.69 Å². The normalized spacial score (nSPS) is 8.88. The average Bonchev–Trinajstić information content (AvgIpc) is 2.30. The van der Waals surface area contributed by atoms with Gasteiger partial charge in [-0.05, 0) is 44.6 Å². The SMILES string of the molecule is CC#Cc1cc(CCCCC)nc(C#CC)n1. The van der Waals surface area contributed by atoms with Crippen molar-refractivity contribution in [2.75, 3.05) is 0 Å². The summed E-state index contributed by atoms with van der Waals surface area (Å²) < 4.78 is 0. The predicted molar refractivity (Wildman–Crippen MR) is 70.4 cm³/mol. The molecular formula is C15H18N2. The van der Waals surface area contributed by atoms with Crippen molar-refractivity contribution < 1.29 is 0 Å². The van der Waals surface area contributed by atoms with Crippen molar-refractivity contribution in [3.05, 3.63) is 23.3 Å². The summed E-state index contributed by atoms with van der Waals surface area (Å²) in [5.41, 5.74) is 1.82. The van der Waals surface area contributed by atoms with E-state index in [1.807, 2.05) is 13.0 Å². The van der Waals surface area contributed by atoms with E-state index in [1.165, 1.54) is 12.8 Å². The van der Waals surface area contributed by atoms with Gasteiger partial charge in [-0.2, -0.15) is 0 Å². The van der Waals surface area contributed by atoms with E-state index in [9.17, 15) is 0 Å². The van der Waals surface area contributed by atoms with Crippen LogP contribution in [0.3, 0.4) is 0 Å². The summed E-state index contributed by atoms with van der Waals surface area (Å²) in [5.74, 6) is 12.1. The lowest BCUT2D eigenvalue weighted by Crippen LogP contribution is -1.99. The summed E-state index contributed by atoms with van der Waals surface area (Å²) in [6.07, 6.45) is 4.58. The molecule has 0 fully saturated rings. The van der Waals surface area contributed by atoms with Crippen molar-refractivity contribution in [3.63, 3.8) is 0 Å². The lowest BCUT2D eigenvalue weighted by atomic mass is 10.1. The molecule has 0 aliphatic heterocycles. The van der Waals surface area contributed by atoms with Crippen molar-refractivity contribution in [2.45, 2.75) is 46.5 Å². The zero-order valence-corrected chi connectivity index (χ0v) is 10.8. The Morgan fingerprint density at radius 1 is 1.06 bits per heavy atom. The van der Waals surface area contributed by atoms with Gasteiger partial charge in [-0.1, -0.05) is 31.6 Å². The van der Waals surface area contributed by atoms with Crippen LogP contribution in [0.4, 0.5) is 0 Å². The molecule has 0 aliphatic carbocycles. The Bertz CT molecular complexity index is 443. The molecular weight excluding hydrogens is 208 g/mol. The van der Waals surface area contributed by atoms with E-state index in [1.54, 1.807) is 6.92 Å². The van der Waals surface area contributed by atoms with Gasteiger partial charge in [-0.25, -0.2) is 9.97 Å². The van der Waals surface area contributed by atoms with Crippen molar-refractivity contribution in [3.8, 4) is 23.7 Å². The minimum absolute atomic E-state index is 0.583. The molecule has 1 aromatic heterocycles. The number of hydrogen-bond acceptors (Lipinski definition) is 2. The molecule has 0 saturated carbocycles. The molecule has 17 heavy (non-hydrogen) atoms. The van der Waals surface area contributed by atoms with Crippen LogP contribution in [0, 0.1) is 23.7 Å². The fourth-order valence-electron chi connectivity index (χ4n) is 1.54. The fourth-order valence-corrected chi connectivity index (χ4v) is 1.54. The number of hydrogen-bond donors (Lipinski definition) is 0. The Kier molecular flexibility index (Phi) is 5.83. The number of aryl methyl sites for hydroxylation is 1. The molecule has 0 radical (unpaired) electrons. The second-order valence-corrected chi connectivity index (χ2v) is 3.78. The monoisotopic (exact) mass is 226 g/mol. The number of nitrogens with zero attached hydrogens (tertiary/aromatic N) is 2. The maximum absolute atomic E-state index is 4.42. The molecule has 1 heterocycles. The van der Waals surface area contributed by atoms with Crippen molar-refractivity contribution in [1.82, 2.24) is 9.97 Å². The minimum atomic E-state index is 0.583. The first-order chi connectivity index (χ1) is 8.30. The molecule has 0 spiro atoms. The standard InChI is InChI=1S/C15H18N2/c1-4-7-8-11-14-12-13(9-5-2)16-15(17-14)10-6-3/h12H,4,7-8,11H2,1-3H3. The van der Waals surface area contributed by atoms with E-state index >= 15 is 0 Å². The van der Waals surface area contributed by atoms with Crippen LogP contribution in [-0.2, 0) is 6.42 Å². The summed E-state index contributed by atoms with van der Waals surface area (Å²) in [4.78, 5) is 8.71. The molecule has 0 amide bonds. The molecule has 0 aromatic carbocycles. The molecule has 0 N–H and O–H groups in total. The minimum Gasteiger partial charge on any atom is -0.226 e. The first kappa shape index (κ1) is 13.3. The summed E-state index contributed by atoms with van der Waals surface area (Å²) in [7, 11) is 0. The highest BCUT2D eigenvalue weighted by molar-refractivity contribution is 5.32. The van der Waals surface area contributed by atoms with Gasteiger partial charge >= 0.3 is 0 Å². The lowest BCUT2D eigenvalue weighted by molar-refractivity contribution is 0.704. The van der Waals surface area contributed by atoms with E-state index in [-0.39, 0.29) is 0 Å². The Balaban J connectivity index is 2.92. The fraction of sp³-hybridized carbons (Fsp3) is 0.467. The van der Waals surface area contributed by atoms with Gasteiger partial charge in [-0.3, -0.25) is 0 Å². The van der Waals surface area contributed by atoms with Crippen LogP contribution in [0.15, 0.2) is 6.07 Å². The van der Waals surface area contributed by atoms with E-state index < -0.39 is 0 Å². The molecule has 1 aromatic rings. The quantitative estimate of drug-likeness (QED) is 0.582. The van der Waals surface area contributed by atoms with Gasteiger partial charge in [0, 0.05) is 5.69 Å². The lowest BCUT2D eigenvalue weighted by Gasteiger charge is -2.01. The second-order valence-electron chi connectivity index (χ2n) is 3.78. The summed E-state index contributed by atoms with van der Waals surface area (Å²) in [6.45, 7) is 5.80. The van der Waals surface area contributed by atoms with Crippen LogP contribution in [0.2, 0.25) is 0 Å². The Morgan fingerprint density at radius 3 is 2.47 bits per heavy atom. The van der Waals surface area contributed by atoms with E-state index in [2.05, 4.69) is 40.6 Å². The predicted octanol–water partition coefficient (Wildman–Crippen LogP) is 2.95. The number of unbranched alkanes of at least 4 members (excludes halogenated alkanes) is 2. The third kappa shape index (κ3) is 4.70. The molecule has 2 heteroatoms. The Hall–Kier alpha value is -1.80. The van der Waals surface area contributed by atoms with Gasteiger partial charge < -0.3 is 0 Å². The van der Waals surface area contributed by atoms with E-state index in [0.717, 1.165) is 24.2 Å². The van der Waals surface area contributed by atoms with Crippen LogP contribution < -0.4 is 0 Å². The van der Waals surface area contributed by atoms with Gasteiger partial charge in [0.05, 0.1) is 0 Å². The van der Waals surface area contributed by atoms with Gasteiger partial charge in [0.2, 0.25) is 5.82 Å². The maximum Gasteiger partial charge on any atom is 0.206 e. The van der Waals surface area contributed by atoms with Crippen LogP contribution >= 0.6 is 0 Å². The van der Waals surface area contributed by atoms with Crippen LogP contribution in [-0.4, -0.2) is 9.97 Å². The number of rotatable bonds is 4. The first-order valence-electron chi connectivity index (χ1n) is 6.03. The van der Waals surface area contributed by atoms with Gasteiger partial charge in [0.25, 0.3) is 0 Å². The molecule has 0 unspecified atom stereocenters. The molecule has 0 atom stereocenters. The van der Waals surface area contributed by atoms with Crippen molar-refractivity contribution in [2.24, 2.45) is 0 Å². The summed E-state index contributed by atoms with van der Waals surface area (Å²) in [5, 5.41) is 0. The smallest absolute Gasteiger partial charge is 0.206 e. The highest BCUT2D eigenvalue weighted by Gasteiger charge is 2.01. The van der Waals surface area contributed by atoms with Crippen molar-refractivity contribution in [1.29, 1.82) is 0 Å². The van der Waals surface area contributed by atoms with Crippen LogP contribution in [0.1, 0.15) is 57.2 Å². The third-order valence-electron chi connectivity index (χ3n) is 2.31. The zero-order chi connectivity index (χ0) is 12.5. The van der Waals surface area contributed by atoms with Gasteiger partial charge in [-0.15, -0.1) is 0 Å². The van der Waals surface area contributed by atoms with E-state index in [4.69, 9.17) is 0 Å². The zero-order valence-electron chi connectivity index (χ0n) is 10.8. The second kappa shape index (κ2) is 7.47. The van der Waals surface area contributed by atoms with Crippen molar-refractivity contribution >= 4 is 0 Å². The van der Waals surface area contributed by atoms with Crippen LogP contribution in [0.25, 0.3) is 0 Å². The maximum atomic E-state index is 4.42. The first-order valence-corrected chi connectivity index (χ1v) is 6.03. The number of aromatic nitrogens is 2. The molecule has 0 bridgehead atoms. The van der Waals surface area contributed by atoms with Crippen LogP contribution in [0.5, 0.6) is 0 Å². The molecule has 0 saturated heterocycles. The highest BCUT2D eigenvalue weighted by Crippen LogP contribution is 2.06. The Labute approximate surface area is 104 Å². The molecule has 88 valence electrons. The average molecular weight is 226 g/mol. The Morgan fingerprint density at radius 2 is 1.82 bits per heavy atom. The molecule has 2 nitrogen and oxygen atoms in total. The summed E-state index contributed by atoms with van der Waals surface area (Å²) in [6, 6.07) is 1.97. The molecule has 1 rings (SSSR count). The van der Waals surface area contributed by atoms with Gasteiger partial charge in [0.15, 0.2) is 0 Å². The van der Waals surface area contributed by atoms with E-state index in [0.29, 0.717) is 5.82 Å². The highest BCUT2D eigenvalue weighted by atomic mass is 14.9. The summed E-state index contributed by atoms with van der Waals surface area (Å²) >= 11 is 0. The molecule has 0 aliphatic rings. The largest absolute Gasteiger partial charge is 0.226 e. The topological polar surface area (TPSA) is 25.8 Å². The third-order valence-corrected chi connectivity index (χ3v) is 2.31.